The van der Waals surface area contributed by atoms with E-state index in [-0.39, 0.29) is 49.6 Å². The molecular formula is C29H39N3O9. The Balaban J connectivity index is 2.47. The fourth-order valence-electron chi connectivity index (χ4n) is 3.98. The average Bonchev–Trinajstić information content (AvgIpc) is 2.89. The number of nitrogens with zero attached hydrogens (tertiary/aromatic N) is 1. The minimum atomic E-state index is -1.43. The predicted octanol–water partition coefficient (Wildman–Crippen LogP) is 2.17. The van der Waals surface area contributed by atoms with E-state index in [1.165, 1.54) is 24.3 Å². The normalized spacial score (nSPS) is 12.5. The molecule has 0 heterocycles. The maximum Gasteiger partial charge on any atom is 0.408 e. The van der Waals surface area contributed by atoms with Crippen molar-refractivity contribution < 1.29 is 44.0 Å². The smallest absolute Gasteiger partial charge is 0.408 e. The molecule has 0 aliphatic rings. The van der Waals surface area contributed by atoms with Crippen LogP contribution in [0.2, 0.25) is 0 Å². The Labute approximate surface area is 239 Å². The monoisotopic (exact) mass is 573 g/mol. The minimum Gasteiger partial charge on any atom is -0.508 e. The van der Waals surface area contributed by atoms with Crippen LogP contribution in [0.5, 0.6) is 11.5 Å². The predicted molar refractivity (Wildman–Crippen MR) is 149 cm³/mol. The molecule has 0 aliphatic heterocycles. The van der Waals surface area contributed by atoms with Crippen LogP contribution in [0.3, 0.4) is 0 Å². The first kappa shape index (κ1) is 32.9. The molecule has 2 unspecified atom stereocenters. The van der Waals surface area contributed by atoms with Gasteiger partial charge in [0.1, 0.15) is 29.2 Å². The van der Waals surface area contributed by atoms with E-state index in [2.05, 4.69) is 10.6 Å². The van der Waals surface area contributed by atoms with Crippen LogP contribution in [0.15, 0.2) is 48.5 Å². The highest BCUT2D eigenvalue weighted by atomic mass is 16.6. The highest BCUT2D eigenvalue weighted by molar-refractivity contribution is 5.92. The summed E-state index contributed by atoms with van der Waals surface area (Å²) < 4.78 is 10.2. The lowest BCUT2D eigenvalue weighted by atomic mass is 9.99. The SMILES string of the molecule is CCOC(=O)CCNC(=O)C(c1ccccc1O)N(CCO)C(=O)C(Cc1ccc(O)cc1)NC(=O)OC(C)(C)C. The first-order valence-electron chi connectivity index (χ1n) is 13.3. The highest BCUT2D eigenvalue weighted by Crippen LogP contribution is 2.30. The van der Waals surface area contributed by atoms with E-state index in [1.54, 1.807) is 52.0 Å². The van der Waals surface area contributed by atoms with Gasteiger partial charge < -0.3 is 40.3 Å². The first-order valence-corrected chi connectivity index (χ1v) is 13.3. The van der Waals surface area contributed by atoms with Crippen LogP contribution in [0.4, 0.5) is 4.79 Å². The Kier molecular flexibility index (Phi) is 12.4. The second-order valence-electron chi connectivity index (χ2n) is 10.1. The van der Waals surface area contributed by atoms with Crippen molar-refractivity contribution in [3.8, 4) is 11.5 Å². The molecule has 2 rings (SSSR count). The molecule has 12 heteroatoms. The summed E-state index contributed by atoms with van der Waals surface area (Å²) in [6.45, 7) is 5.86. The Morgan fingerprint density at radius 2 is 1.66 bits per heavy atom. The number of nitrogens with one attached hydrogen (secondary N) is 2. The molecule has 3 amide bonds. The molecule has 0 saturated carbocycles. The van der Waals surface area contributed by atoms with Crippen molar-refractivity contribution in [2.45, 2.75) is 58.2 Å². The lowest BCUT2D eigenvalue weighted by Crippen LogP contribution is -2.54. The van der Waals surface area contributed by atoms with E-state index in [1.807, 2.05) is 0 Å². The number of amides is 3. The molecule has 41 heavy (non-hydrogen) atoms. The molecule has 2 atom stereocenters. The topological polar surface area (TPSA) is 175 Å². The number of para-hydroxylation sites is 1. The molecule has 5 N–H and O–H groups in total. The molecule has 12 nitrogen and oxygen atoms in total. The maximum absolute atomic E-state index is 14.1. The fourth-order valence-corrected chi connectivity index (χ4v) is 3.98. The summed E-state index contributed by atoms with van der Waals surface area (Å²) >= 11 is 0. The number of ether oxygens (including phenoxy) is 2. The van der Waals surface area contributed by atoms with Gasteiger partial charge in [-0.3, -0.25) is 14.4 Å². The van der Waals surface area contributed by atoms with Crippen molar-refractivity contribution in [3.05, 3.63) is 59.7 Å². The standard InChI is InChI=1S/C29H39N3O9/c1-5-40-24(36)14-15-30-26(37)25(21-8-6-7-9-23(21)35)32(16-17-33)27(38)22(31-28(39)41-29(2,3)4)18-19-10-12-20(34)13-11-19/h6-13,22,25,33-35H,5,14-18H2,1-4H3,(H,30,37)(H,31,39). The van der Waals surface area contributed by atoms with E-state index >= 15 is 0 Å². The van der Waals surface area contributed by atoms with Gasteiger partial charge in [0.2, 0.25) is 11.8 Å². The number of phenols is 2. The average molecular weight is 574 g/mol. The summed E-state index contributed by atoms with van der Waals surface area (Å²) in [6, 6.07) is 9.24. The lowest BCUT2D eigenvalue weighted by Gasteiger charge is -2.34. The summed E-state index contributed by atoms with van der Waals surface area (Å²) in [5.74, 6) is -2.25. The Hall–Kier alpha value is -4.32. The lowest BCUT2D eigenvalue weighted by molar-refractivity contribution is -0.144. The van der Waals surface area contributed by atoms with E-state index < -0.39 is 48.2 Å². The van der Waals surface area contributed by atoms with Crippen molar-refractivity contribution in [2.75, 3.05) is 26.3 Å². The zero-order valence-electron chi connectivity index (χ0n) is 23.8. The number of aromatic hydroxyl groups is 2. The van der Waals surface area contributed by atoms with E-state index in [4.69, 9.17) is 9.47 Å². The Morgan fingerprint density at radius 1 is 1.00 bits per heavy atom. The first-order chi connectivity index (χ1) is 19.4. The molecule has 0 radical (unpaired) electrons. The third-order valence-corrected chi connectivity index (χ3v) is 5.71. The number of esters is 1. The Morgan fingerprint density at radius 3 is 2.24 bits per heavy atom. The molecule has 0 aromatic heterocycles. The zero-order chi connectivity index (χ0) is 30.6. The summed E-state index contributed by atoms with van der Waals surface area (Å²) in [4.78, 5) is 53.1. The van der Waals surface area contributed by atoms with Gasteiger partial charge in [0.05, 0.1) is 19.6 Å². The third-order valence-electron chi connectivity index (χ3n) is 5.71. The van der Waals surface area contributed by atoms with E-state index in [9.17, 15) is 34.5 Å². The van der Waals surface area contributed by atoms with Crippen LogP contribution in [-0.4, -0.2) is 82.0 Å². The van der Waals surface area contributed by atoms with Gasteiger partial charge in [-0.2, -0.15) is 0 Å². The molecule has 0 saturated heterocycles. The third kappa shape index (κ3) is 10.6. The van der Waals surface area contributed by atoms with Gasteiger partial charge in [0.25, 0.3) is 0 Å². The van der Waals surface area contributed by atoms with Crippen molar-refractivity contribution in [2.24, 2.45) is 0 Å². The summed E-state index contributed by atoms with van der Waals surface area (Å²) in [6.07, 6.45) is -1.04. The summed E-state index contributed by atoms with van der Waals surface area (Å²) in [5, 5.41) is 35.3. The second-order valence-corrected chi connectivity index (χ2v) is 10.1. The summed E-state index contributed by atoms with van der Waals surface area (Å²) in [5.41, 5.74) is -0.208. The van der Waals surface area contributed by atoms with Crippen molar-refractivity contribution in [1.82, 2.24) is 15.5 Å². The van der Waals surface area contributed by atoms with E-state index in [0.717, 1.165) is 4.90 Å². The van der Waals surface area contributed by atoms with Gasteiger partial charge in [0.15, 0.2) is 0 Å². The van der Waals surface area contributed by atoms with Gasteiger partial charge in [-0.05, 0) is 51.5 Å². The van der Waals surface area contributed by atoms with Gasteiger partial charge in [-0.15, -0.1) is 0 Å². The quantitative estimate of drug-likeness (QED) is 0.225. The highest BCUT2D eigenvalue weighted by Gasteiger charge is 2.37. The fraction of sp³-hybridized carbons (Fsp3) is 0.448. The van der Waals surface area contributed by atoms with Crippen LogP contribution in [0.25, 0.3) is 0 Å². The van der Waals surface area contributed by atoms with Crippen LogP contribution < -0.4 is 10.6 Å². The summed E-state index contributed by atoms with van der Waals surface area (Å²) in [7, 11) is 0. The van der Waals surface area contributed by atoms with Crippen LogP contribution in [0.1, 0.15) is 51.3 Å². The van der Waals surface area contributed by atoms with Crippen LogP contribution in [0, 0.1) is 0 Å². The molecule has 2 aromatic rings. The number of hydrogen-bond donors (Lipinski definition) is 5. The number of benzene rings is 2. The van der Waals surface area contributed by atoms with Gasteiger partial charge in [-0.25, -0.2) is 4.79 Å². The largest absolute Gasteiger partial charge is 0.508 e. The number of hydrogen-bond acceptors (Lipinski definition) is 9. The number of phenolic OH excluding ortho intramolecular Hbond substituents is 2. The van der Waals surface area contributed by atoms with Crippen molar-refractivity contribution >= 4 is 23.9 Å². The minimum absolute atomic E-state index is 0.0118. The maximum atomic E-state index is 14.1. The molecule has 0 spiro atoms. The number of alkyl carbamates (subject to hydrolysis) is 1. The molecule has 224 valence electrons. The van der Waals surface area contributed by atoms with Crippen molar-refractivity contribution in [1.29, 1.82) is 0 Å². The zero-order valence-corrected chi connectivity index (χ0v) is 23.8. The van der Waals surface area contributed by atoms with Crippen molar-refractivity contribution in [3.63, 3.8) is 0 Å². The van der Waals surface area contributed by atoms with Crippen LogP contribution in [-0.2, 0) is 30.3 Å². The van der Waals surface area contributed by atoms with Gasteiger partial charge >= 0.3 is 12.1 Å². The number of aliphatic hydroxyl groups excluding tert-OH is 1. The Bertz CT molecular complexity index is 1180. The number of carbonyl (C=O) groups excluding carboxylic acids is 4. The molecule has 0 bridgehead atoms. The van der Waals surface area contributed by atoms with Gasteiger partial charge in [0, 0.05) is 25.1 Å². The number of aliphatic hydroxyl groups is 1. The molecule has 2 aromatic carbocycles. The number of rotatable bonds is 13. The van der Waals surface area contributed by atoms with Crippen LogP contribution >= 0.6 is 0 Å². The molecule has 0 aliphatic carbocycles. The second kappa shape index (κ2) is 15.5. The number of carbonyl (C=O) groups is 4. The van der Waals surface area contributed by atoms with Gasteiger partial charge in [-0.1, -0.05) is 30.3 Å². The van der Waals surface area contributed by atoms with E-state index in [0.29, 0.717) is 5.56 Å². The molecular weight excluding hydrogens is 534 g/mol. The molecule has 0 fully saturated rings.